The van der Waals surface area contributed by atoms with E-state index in [0.29, 0.717) is 23.5 Å². The first kappa shape index (κ1) is 19.6. The number of hydrogen-bond acceptors (Lipinski definition) is 4. The zero-order valence-corrected chi connectivity index (χ0v) is 17.2. The van der Waals surface area contributed by atoms with Crippen LogP contribution in [0.4, 0.5) is 0 Å². The van der Waals surface area contributed by atoms with Crippen LogP contribution >= 0.6 is 0 Å². The highest BCUT2D eigenvalue weighted by molar-refractivity contribution is 4.94. The minimum absolute atomic E-state index is 0.204. The summed E-state index contributed by atoms with van der Waals surface area (Å²) in [7, 11) is 0. The quantitative estimate of drug-likeness (QED) is 0.762. The summed E-state index contributed by atoms with van der Waals surface area (Å²) in [6.45, 7) is 17.5. The molecule has 3 fully saturated rings. The van der Waals surface area contributed by atoms with Gasteiger partial charge in [0.05, 0.1) is 24.9 Å². The van der Waals surface area contributed by atoms with E-state index in [1.54, 1.807) is 0 Å². The largest absolute Gasteiger partial charge is 0.373 e. The lowest BCUT2D eigenvalue weighted by molar-refractivity contribution is -0.229. The molecule has 3 aliphatic rings. The van der Waals surface area contributed by atoms with E-state index in [0.717, 1.165) is 38.6 Å². The van der Waals surface area contributed by atoms with E-state index in [-0.39, 0.29) is 11.9 Å². The Morgan fingerprint density at radius 1 is 1.12 bits per heavy atom. The van der Waals surface area contributed by atoms with Crippen LogP contribution in [-0.4, -0.2) is 55.2 Å². The van der Waals surface area contributed by atoms with Crippen molar-refractivity contribution >= 4 is 0 Å². The predicted molar refractivity (Wildman–Crippen MR) is 101 cm³/mol. The second kappa shape index (κ2) is 7.46. The van der Waals surface area contributed by atoms with Crippen LogP contribution in [0.1, 0.15) is 67.2 Å². The maximum Gasteiger partial charge on any atom is 0.171 e. The van der Waals surface area contributed by atoms with Gasteiger partial charge in [-0.05, 0) is 38.0 Å². The van der Waals surface area contributed by atoms with Gasteiger partial charge in [-0.15, -0.1) is 0 Å². The molecular weight excluding hydrogens is 314 g/mol. The Balaban J connectivity index is 1.55. The van der Waals surface area contributed by atoms with E-state index < -0.39 is 0 Å². The second-order valence-corrected chi connectivity index (χ2v) is 9.55. The Morgan fingerprint density at radius 3 is 2.40 bits per heavy atom. The predicted octanol–water partition coefficient (Wildman–Crippen LogP) is 4.08. The van der Waals surface area contributed by atoms with Crippen LogP contribution in [0.2, 0.25) is 0 Å². The summed E-state index contributed by atoms with van der Waals surface area (Å²) in [5, 5.41) is 0. The maximum atomic E-state index is 6.57. The van der Waals surface area contributed by atoms with Crippen molar-refractivity contribution in [1.29, 1.82) is 0 Å². The van der Waals surface area contributed by atoms with Crippen LogP contribution in [0.15, 0.2) is 0 Å². The van der Waals surface area contributed by atoms with E-state index in [1.165, 1.54) is 19.3 Å². The first-order valence-electron chi connectivity index (χ1n) is 10.4. The molecule has 1 aliphatic carbocycles. The molecule has 2 aliphatic heterocycles. The molecule has 0 amide bonds. The SMILES string of the molecule is CCC(C)(C)C1CCC2(OCC(CN3CC(C)OC(C)C3)O2)C(C)C1. The lowest BCUT2D eigenvalue weighted by atomic mass is 9.65. The van der Waals surface area contributed by atoms with Gasteiger partial charge in [0.1, 0.15) is 0 Å². The van der Waals surface area contributed by atoms with Gasteiger partial charge in [-0.25, -0.2) is 0 Å². The summed E-state index contributed by atoms with van der Waals surface area (Å²) in [4.78, 5) is 2.49. The smallest absolute Gasteiger partial charge is 0.171 e. The van der Waals surface area contributed by atoms with Crippen molar-refractivity contribution in [2.75, 3.05) is 26.2 Å². The second-order valence-electron chi connectivity index (χ2n) is 9.55. The van der Waals surface area contributed by atoms with E-state index in [9.17, 15) is 0 Å². The Hall–Kier alpha value is -0.160. The molecule has 4 heteroatoms. The molecule has 0 radical (unpaired) electrons. The number of ether oxygens (including phenoxy) is 3. The molecule has 1 spiro atoms. The van der Waals surface area contributed by atoms with Gasteiger partial charge < -0.3 is 14.2 Å². The molecule has 0 aromatic carbocycles. The van der Waals surface area contributed by atoms with Crippen molar-refractivity contribution < 1.29 is 14.2 Å². The van der Waals surface area contributed by atoms with Gasteiger partial charge in [-0.2, -0.15) is 0 Å². The van der Waals surface area contributed by atoms with Gasteiger partial charge in [0.2, 0.25) is 0 Å². The van der Waals surface area contributed by atoms with Crippen LogP contribution < -0.4 is 0 Å². The minimum Gasteiger partial charge on any atom is -0.373 e. The molecule has 0 bridgehead atoms. The molecule has 6 unspecified atom stereocenters. The fourth-order valence-corrected chi connectivity index (χ4v) is 5.13. The number of morpholine rings is 1. The van der Waals surface area contributed by atoms with Crippen LogP contribution in [0.5, 0.6) is 0 Å². The molecule has 0 aromatic heterocycles. The van der Waals surface area contributed by atoms with E-state index in [2.05, 4.69) is 46.4 Å². The summed E-state index contributed by atoms with van der Waals surface area (Å²) < 4.78 is 18.7. The number of nitrogens with zero attached hydrogens (tertiary/aromatic N) is 1. The lowest BCUT2D eigenvalue weighted by Gasteiger charge is -2.46. The average Bonchev–Trinajstić information content (AvgIpc) is 2.93. The van der Waals surface area contributed by atoms with Crippen molar-refractivity contribution in [1.82, 2.24) is 4.90 Å². The lowest BCUT2D eigenvalue weighted by Crippen LogP contribution is -2.49. The Bertz CT molecular complexity index is 444. The molecule has 1 saturated carbocycles. The number of hydrogen-bond donors (Lipinski definition) is 0. The third-order valence-corrected chi connectivity index (χ3v) is 7.08. The highest BCUT2D eigenvalue weighted by Gasteiger charge is 2.51. The monoisotopic (exact) mass is 353 g/mol. The van der Waals surface area contributed by atoms with Crippen molar-refractivity contribution in [2.45, 2.75) is 91.3 Å². The van der Waals surface area contributed by atoms with Gasteiger partial charge in [0, 0.05) is 32.0 Å². The Labute approximate surface area is 154 Å². The van der Waals surface area contributed by atoms with Crippen molar-refractivity contribution in [3.8, 4) is 0 Å². The average molecular weight is 354 g/mol. The van der Waals surface area contributed by atoms with Gasteiger partial charge in [0.25, 0.3) is 0 Å². The maximum absolute atomic E-state index is 6.57. The molecular formula is C21H39NO3. The van der Waals surface area contributed by atoms with Crippen molar-refractivity contribution in [3.05, 3.63) is 0 Å². The minimum atomic E-state index is -0.325. The van der Waals surface area contributed by atoms with Crippen LogP contribution in [0.3, 0.4) is 0 Å². The van der Waals surface area contributed by atoms with Gasteiger partial charge in [0.15, 0.2) is 5.79 Å². The highest BCUT2D eigenvalue weighted by atomic mass is 16.7. The third kappa shape index (κ3) is 4.23. The molecule has 6 atom stereocenters. The molecule has 25 heavy (non-hydrogen) atoms. The summed E-state index contributed by atoms with van der Waals surface area (Å²) in [6.07, 6.45) is 5.57. The Morgan fingerprint density at radius 2 is 1.80 bits per heavy atom. The van der Waals surface area contributed by atoms with E-state index >= 15 is 0 Å². The van der Waals surface area contributed by atoms with Crippen LogP contribution in [0, 0.1) is 17.3 Å². The summed E-state index contributed by atoms with van der Waals surface area (Å²) >= 11 is 0. The third-order valence-electron chi connectivity index (χ3n) is 7.08. The zero-order chi connectivity index (χ0) is 18.2. The first-order valence-corrected chi connectivity index (χ1v) is 10.4. The topological polar surface area (TPSA) is 30.9 Å². The molecule has 3 rings (SSSR count). The number of rotatable bonds is 4. The van der Waals surface area contributed by atoms with Crippen LogP contribution in [0.25, 0.3) is 0 Å². The van der Waals surface area contributed by atoms with Crippen LogP contribution in [-0.2, 0) is 14.2 Å². The van der Waals surface area contributed by atoms with Gasteiger partial charge in [-0.3, -0.25) is 4.90 Å². The summed E-state index contributed by atoms with van der Waals surface area (Å²) in [6, 6.07) is 0. The standard InChI is InChI=1S/C21H39NO3/c1-7-20(5,6)18-8-9-21(15(2)10-18)23-14-19(25-21)13-22-11-16(3)24-17(4)12-22/h15-19H,7-14H2,1-6H3. The summed E-state index contributed by atoms with van der Waals surface area (Å²) in [5.74, 6) is 0.934. The molecule has 4 nitrogen and oxygen atoms in total. The molecule has 146 valence electrons. The van der Waals surface area contributed by atoms with Gasteiger partial charge >= 0.3 is 0 Å². The van der Waals surface area contributed by atoms with Crippen molar-refractivity contribution in [2.24, 2.45) is 17.3 Å². The van der Waals surface area contributed by atoms with E-state index in [1.807, 2.05) is 0 Å². The van der Waals surface area contributed by atoms with Gasteiger partial charge in [-0.1, -0.05) is 34.1 Å². The zero-order valence-electron chi connectivity index (χ0n) is 17.2. The molecule has 2 heterocycles. The first-order chi connectivity index (χ1) is 11.7. The summed E-state index contributed by atoms with van der Waals surface area (Å²) in [5.41, 5.74) is 0.425. The van der Waals surface area contributed by atoms with Crippen molar-refractivity contribution in [3.63, 3.8) is 0 Å². The molecule has 2 saturated heterocycles. The molecule has 0 N–H and O–H groups in total. The van der Waals surface area contributed by atoms with E-state index in [4.69, 9.17) is 14.2 Å². The fraction of sp³-hybridized carbons (Fsp3) is 1.00. The Kier molecular flexibility index (Phi) is 5.85. The fourth-order valence-electron chi connectivity index (χ4n) is 5.13. The normalized spacial score (nSPS) is 43.7. The highest BCUT2D eigenvalue weighted by Crippen LogP contribution is 2.49. The molecule has 0 aromatic rings.